The number of rotatable bonds is 3. The monoisotopic (exact) mass is 272 g/mol. The Morgan fingerprint density at radius 2 is 2.26 bits per heavy atom. The Morgan fingerprint density at radius 1 is 1.37 bits per heavy atom. The van der Waals surface area contributed by atoms with Gasteiger partial charge in [0.1, 0.15) is 5.75 Å². The Bertz CT molecular complexity index is 613. The predicted octanol–water partition coefficient (Wildman–Crippen LogP) is 3.87. The van der Waals surface area contributed by atoms with Gasteiger partial charge in [0.2, 0.25) is 5.78 Å². The first-order valence-electron chi connectivity index (χ1n) is 6.66. The Hall–Kier alpha value is -1.61. The molecule has 0 saturated carbocycles. The van der Waals surface area contributed by atoms with E-state index in [1.54, 1.807) is 0 Å². The molecule has 1 aliphatic heterocycles. The van der Waals surface area contributed by atoms with Crippen molar-refractivity contribution in [2.24, 2.45) is 0 Å². The fraction of sp³-hybridized carbons (Fsp3) is 0.312. The number of ether oxygens (including phenoxy) is 1. The van der Waals surface area contributed by atoms with Gasteiger partial charge in [0.05, 0.1) is 11.5 Å². The molecule has 3 rings (SSSR count). The van der Waals surface area contributed by atoms with Gasteiger partial charge in [0, 0.05) is 5.56 Å². The smallest absolute Gasteiger partial charge is 0.203 e. The number of ketones is 1. The molecule has 0 bridgehead atoms. The molecule has 1 aliphatic rings. The summed E-state index contributed by atoms with van der Waals surface area (Å²) in [7, 11) is 0. The number of benzene rings is 1. The first-order chi connectivity index (χ1) is 9.29. The van der Waals surface area contributed by atoms with Gasteiger partial charge in [-0.05, 0) is 60.0 Å². The summed E-state index contributed by atoms with van der Waals surface area (Å²) in [5.74, 6) is 1.07. The number of hydrogen-bond donors (Lipinski definition) is 0. The number of fused-ring (bicyclic) bond motifs is 1. The van der Waals surface area contributed by atoms with Crippen molar-refractivity contribution < 1.29 is 9.53 Å². The molecule has 2 aromatic rings. The third-order valence-electron chi connectivity index (χ3n) is 3.50. The lowest BCUT2D eigenvalue weighted by Gasteiger charge is -2.17. The Morgan fingerprint density at radius 3 is 3.11 bits per heavy atom. The molecule has 0 atom stereocenters. The van der Waals surface area contributed by atoms with Crippen molar-refractivity contribution >= 4 is 17.1 Å². The second-order valence-electron chi connectivity index (χ2n) is 4.73. The van der Waals surface area contributed by atoms with E-state index in [1.807, 2.05) is 29.6 Å². The highest BCUT2D eigenvalue weighted by Crippen LogP contribution is 2.28. The van der Waals surface area contributed by atoms with Gasteiger partial charge in [-0.2, -0.15) is 0 Å². The normalized spacial score (nSPS) is 13.7. The molecule has 0 fully saturated rings. The third kappa shape index (κ3) is 2.30. The minimum absolute atomic E-state index is 0.139. The Balaban J connectivity index is 1.96. The molecule has 3 heteroatoms. The predicted molar refractivity (Wildman–Crippen MR) is 77.4 cm³/mol. The van der Waals surface area contributed by atoms with Gasteiger partial charge in [0.15, 0.2) is 0 Å². The SMILES string of the molecule is CCc1ccsc1C(=O)c1ccc2c(c1)CCCO2. The minimum atomic E-state index is 0.139. The number of hydrogen-bond acceptors (Lipinski definition) is 3. The van der Waals surface area contributed by atoms with Crippen LogP contribution in [-0.4, -0.2) is 12.4 Å². The zero-order valence-corrected chi connectivity index (χ0v) is 11.8. The molecule has 0 unspecified atom stereocenters. The summed E-state index contributed by atoms with van der Waals surface area (Å²) in [4.78, 5) is 13.4. The maximum absolute atomic E-state index is 12.5. The highest BCUT2D eigenvalue weighted by atomic mass is 32.1. The van der Waals surface area contributed by atoms with Gasteiger partial charge in [-0.25, -0.2) is 0 Å². The van der Waals surface area contributed by atoms with Crippen LogP contribution in [-0.2, 0) is 12.8 Å². The van der Waals surface area contributed by atoms with E-state index in [-0.39, 0.29) is 5.78 Å². The van der Waals surface area contributed by atoms with Crippen LogP contribution in [0.3, 0.4) is 0 Å². The van der Waals surface area contributed by atoms with Crippen LogP contribution in [0.25, 0.3) is 0 Å². The van der Waals surface area contributed by atoms with Crippen LogP contribution in [0, 0.1) is 0 Å². The van der Waals surface area contributed by atoms with Crippen LogP contribution < -0.4 is 4.74 Å². The topological polar surface area (TPSA) is 26.3 Å². The van der Waals surface area contributed by atoms with E-state index in [9.17, 15) is 4.79 Å². The molecule has 98 valence electrons. The maximum Gasteiger partial charge on any atom is 0.203 e. The summed E-state index contributed by atoms with van der Waals surface area (Å²) in [6, 6.07) is 7.85. The molecule has 19 heavy (non-hydrogen) atoms. The summed E-state index contributed by atoms with van der Waals surface area (Å²) in [6.07, 6.45) is 2.93. The van der Waals surface area contributed by atoms with Gasteiger partial charge in [0.25, 0.3) is 0 Å². The number of aryl methyl sites for hydroxylation is 2. The number of thiophene rings is 1. The van der Waals surface area contributed by atoms with Gasteiger partial charge in [-0.3, -0.25) is 4.79 Å². The summed E-state index contributed by atoms with van der Waals surface area (Å²) >= 11 is 1.53. The van der Waals surface area contributed by atoms with E-state index >= 15 is 0 Å². The average Bonchev–Trinajstić information content (AvgIpc) is 2.94. The van der Waals surface area contributed by atoms with Crippen molar-refractivity contribution in [3.05, 3.63) is 51.2 Å². The van der Waals surface area contributed by atoms with Crippen molar-refractivity contribution in [3.63, 3.8) is 0 Å². The average molecular weight is 272 g/mol. The molecule has 0 amide bonds. The Kier molecular flexibility index (Phi) is 3.38. The zero-order valence-electron chi connectivity index (χ0n) is 10.9. The molecule has 2 heterocycles. The summed E-state index contributed by atoms with van der Waals surface area (Å²) in [5, 5.41) is 1.99. The first-order valence-corrected chi connectivity index (χ1v) is 7.54. The second-order valence-corrected chi connectivity index (χ2v) is 5.65. The van der Waals surface area contributed by atoms with E-state index in [4.69, 9.17) is 4.74 Å². The lowest BCUT2D eigenvalue weighted by molar-refractivity contribution is 0.104. The first kappa shape index (κ1) is 12.4. The molecular formula is C16H16O2S. The van der Waals surface area contributed by atoms with E-state index < -0.39 is 0 Å². The van der Waals surface area contributed by atoms with Crippen molar-refractivity contribution in [2.75, 3.05) is 6.61 Å². The highest BCUT2D eigenvalue weighted by molar-refractivity contribution is 7.12. The third-order valence-corrected chi connectivity index (χ3v) is 4.46. The van der Waals surface area contributed by atoms with E-state index in [0.29, 0.717) is 0 Å². The van der Waals surface area contributed by atoms with Crippen LogP contribution in [0.15, 0.2) is 29.6 Å². The number of carbonyl (C=O) groups is 1. The zero-order chi connectivity index (χ0) is 13.2. The largest absolute Gasteiger partial charge is 0.493 e. The minimum Gasteiger partial charge on any atom is -0.493 e. The fourth-order valence-electron chi connectivity index (χ4n) is 2.45. The van der Waals surface area contributed by atoms with Gasteiger partial charge in [-0.1, -0.05) is 6.92 Å². The van der Waals surface area contributed by atoms with Crippen molar-refractivity contribution in [1.29, 1.82) is 0 Å². The number of carbonyl (C=O) groups excluding carboxylic acids is 1. The van der Waals surface area contributed by atoms with E-state index in [2.05, 4.69) is 6.92 Å². The molecular weight excluding hydrogens is 256 g/mol. The molecule has 0 radical (unpaired) electrons. The Labute approximate surface area is 117 Å². The standard InChI is InChI=1S/C16H16O2S/c1-2-11-7-9-19-16(11)15(17)13-5-6-14-12(10-13)4-3-8-18-14/h5-7,9-10H,2-4,8H2,1H3. The van der Waals surface area contributed by atoms with Crippen LogP contribution in [0.2, 0.25) is 0 Å². The van der Waals surface area contributed by atoms with Crippen LogP contribution >= 0.6 is 11.3 Å². The van der Waals surface area contributed by atoms with Gasteiger partial charge >= 0.3 is 0 Å². The highest BCUT2D eigenvalue weighted by Gasteiger charge is 2.17. The summed E-state index contributed by atoms with van der Waals surface area (Å²) in [6.45, 7) is 2.87. The summed E-state index contributed by atoms with van der Waals surface area (Å²) in [5.41, 5.74) is 3.08. The van der Waals surface area contributed by atoms with Crippen LogP contribution in [0.5, 0.6) is 5.75 Å². The van der Waals surface area contributed by atoms with Crippen LogP contribution in [0.1, 0.15) is 39.7 Å². The molecule has 0 spiro atoms. The lowest BCUT2D eigenvalue weighted by Crippen LogP contribution is -2.10. The van der Waals surface area contributed by atoms with Crippen LogP contribution in [0.4, 0.5) is 0 Å². The van der Waals surface area contributed by atoms with E-state index in [1.165, 1.54) is 11.3 Å². The molecule has 0 aliphatic carbocycles. The quantitative estimate of drug-likeness (QED) is 0.793. The summed E-state index contributed by atoms with van der Waals surface area (Å²) < 4.78 is 5.59. The molecule has 0 saturated heterocycles. The molecule has 1 aromatic carbocycles. The molecule has 0 N–H and O–H groups in total. The van der Waals surface area contributed by atoms with Crippen molar-refractivity contribution in [2.45, 2.75) is 26.2 Å². The van der Waals surface area contributed by atoms with Crippen molar-refractivity contribution in [3.8, 4) is 5.75 Å². The van der Waals surface area contributed by atoms with Crippen molar-refractivity contribution in [1.82, 2.24) is 0 Å². The fourth-order valence-corrected chi connectivity index (χ4v) is 3.40. The molecule has 1 aromatic heterocycles. The van der Waals surface area contributed by atoms with Gasteiger partial charge < -0.3 is 4.74 Å². The lowest BCUT2D eigenvalue weighted by atomic mass is 9.99. The molecule has 2 nitrogen and oxygen atoms in total. The van der Waals surface area contributed by atoms with E-state index in [0.717, 1.165) is 53.2 Å². The maximum atomic E-state index is 12.5. The second kappa shape index (κ2) is 5.17. The van der Waals surface area contributed by atoms with Gasteiger partial charge in [-0.15, -0.1) is 11.3 Å².